The molecule has 206 valence electrons. The highest BCUT2D eigenvalue weighted by Crippen LogP contribution is 2.35. The lowest BCUT2D eigenvalue weighted by atomic mass is 10.1. The number of carbonyl (C=O) groups excluding carboxylic acids is 1. The summed E-state index contributed by atoms with van der Waals surface area (Å²) < 4.78 is 39.0. The number of nitrogens with one attached hydrogen (secondary N) is 2. The minimum atomic E-state index is -3.75. The molecule has 0 radical (unpaired) electrons. The number of anilines is 3. The van der Waals surface area contributed by atoms with Crippen molar-refractivity contribution < 1.29 is 27.4 Å². The van der Waals surface area contributed by atoms with E-state index in [1.165, 1.54) is 12.1 Å². The van der Waals surface area contributed by atoms with Gasteiger partial charge in [0, 0.05) is 18.0 Å². The van der Waals surface area contributed by atoms with Gasteiger partial charge in [0.25, 0.3) is 0 Å². The van der Waals surface area contributed by atoms with Gasteiger partial charge in [0.15, 0.2) is 16.6 Å². The number of nitrogens with zero attached hydrogens (tertiary/aromatic N) is 3. The van der Waals surface area contributed by atoms with Crippen molar-refractivity contribution in [3.05, 3.63) is 52.5 Å². The Balaban J connectivity index is 1.63. The molecule has 39 heavy (non-hydrogen) atoms. The van der Waals surface area contributed by atoms with Crippen LogP contribution in [0.25, 0.3) is 10.9 Å². The number of aromatic nitrogens is 3. The molecule has 4 rings (SSSR count). The van der Waals surface area contributed by atoms with Crippen molar-refractivity contribution in [1.82, 2.24) is 15.0 Å². The van der Waals surface area contributed by atoms with E-state index in [1.54, 1.807) is 52.3 Å². The molecule has 2 aromatic carbocycles. The van der Waals surface area contributed by atoms with Crippen LogP contribution in [0.4, 0.5) is 16.9 Å². The maximum absolute atomic E-state index is 12.2. The molecule has 12 nitrogen and oxygen atoms in total. The predicted molar refractivity (Wildman–Crippen MR) is 149 cm³/mol. The summed E-state index contributed by atoms with van der Waals surface area (Å²) in [6, 6.07) is 9.91. The Morgan fingerprint density at radius 1 is 1.05 bits per heavy atom. The van der Waals surface area contributed by atoms with Crippen molar-refractivity contribution in [3.63, 3.8) is 0 Å². The Hall–Kier alpha value is -4.01. The maximum Gasteiger partial charge on any atom is 0.350 e. The molecule has 0 bridgehead atoms. The highest BCUT2D eigenvalue weighted by atomic mass is 32.2. The second kappa shape index (κ2) is 11.8. The molecule has 0 saturated carbocycles. The number of ether oxygens (including phenoxy) is 3. The molecule has 0 aliphatic carbocycles. The molecule has 0 aliphatic rings. The molecule has 0 aliphatic heterocycles. The number of sulfonamides is 1. The third kappa shape index (κ3) is 6.53. The largest absolute Gasteiger partial charge is 0.493 e. The SMILES string of the molecule is CCOC(=O)c1sc(Nc2nc(NCCc3ccc(S(N)(=O)=O)cc3)c3cc(OC)c(OC)cc3n2)nc1C. The first-order valence-corrected chi connectivity index (χ1v) is 14.2. The number of nitrogens with two attached hydrogens (primary N) is 1. The van der Waals surface area contributed by atoms with Gasteiger partial charge in [-0.2, -0.15) is 4.98 Å². The van der Waals surface area contributed by atoms with Crippen LogP contribution in [0.1, 0.15) is 27.9 Å². The average Bonchev–Trinajstić information content (AvgIpc) is 3.27. The van der Waals surface area contributed by atoms with Gasteiger partial charge in [-0.05, 0) is 44.0 Å². The molecule has 14 heteroatoms. The van der Waals surface area contributed by atoms with Gasteiger partial charge in [-0.15, -0.1) is 0 Å². The van der Waals surface area contributed by atoms with Gasteiger partial charge in [0.05, 0.1) is 36.9 Å². The third-order valence-electron chi connectivity index (χ3n) is 5.64. The molecule has 0 fully saturated rings. The van der Waals surface area contributed by atoms with Gasteiger partial charge in [0.2, 0.25) is 16.0 Å². The van der Waals surface area contributed by atoms with Crippen molar-refractivity contribution in [1.29, 1.82) is 0 Å². The Kier molecular flexibility index (Phi) is 8.47. The zero-order chi connectivity index (χ0) is 28.2. The quantitative estimate of drug-likeness (QED) is 0.224. The van der Waals surface area contributed by atoms with E-state index >= 15 is 0 Å². The zero-order valence-electron chi connectivity index (χ0n) is 21.8. The predicted octanol–water partition coefficient (Wildman–Crippen LogP) is 3.63. The fourth-order valence-electron chi connectivity index (χ4n) is 3.75. The van der Waals surface area contributed by atoms with E-state index in [0.717, 1.165) is 16.9 Å². The molecular weight excluding hydrogens is 544 g/mol. The number of carbonyl (C=O) groups is 1. The van der Waals surface area contributed by atoms with Crippen molar-refractivity contribution in [2.24, 2.45) is 5.14 Å². The summed E-state index contributed by atoms with van der Waals surface area (Å²) in [6.45, 7) is 4.23. The van der Waals surface area contributed by atoms with Gasteiger partial charge in [-0.3, -0.25) is 5.32 Å². The Morgan fingerprint density at radius 2 is 1.74 bits per heavy atom. The van der Waals surface area contributed by atoms with Crippen LogP contribution in [0.3, 0.4) is 0 Å². The first-order chi connectivity index (χ1) is 18.6. The number of benzene rings is 2. The van der Waals surface area contributed by atoms with E-state index < -0.39 is 16.0 Å². The Labute approximate surface area is 229 Å². The first-order valence-electron chi connectivity index (χ1n) is 11.8. The second-order valence-corrected chi connectivity index (χ2v) is 10.8. The topological polar surface area (TPSA) is 168 Å². The number of hydrogen-bond acceptors (Lipinski definition) is 12. The lowest BCUT2D eigenvalue weighted by Gasteiger charge is -2.14. The fourth-order valence-corrected chi connectivity index (χ4v) is 5.12. The number of esters is 1. The number of methoxy groups -OCH3 is 2. The number of rotatable bonds is 11. The Morgan fingerprint density at radius 3 is 2.38 bits per heavy atom. The van der Waals surface area contributed by atoms with Crippen LogP contribution in [-0.2, 0) is 21.2 Å². The first kappa shape index (κ1) is 28.0. The smallest absolute Gasteiger partial charge is 0.350 e. The van der Waals surface area contributed by atoms with E-state index in [1.807, 2.05) is 0 Å². The summed E-state index contributed by atoms with van der Waals surface area (Å²) >= 11 is 1.15. The molecule has 0 unspecified atom stereocenters. The number of primary sulfonamides is 1. The molecule has 0 spiro atoms. The van der Waals surface area contributed by atoms with E-state index in [2.05, 4.69) is 25.6 Å². The van der Waals surface area contributed by atoms with Gasteiger partial charge >= 0.3 is 5.97 Å². The second-order valence-electron chi connectivity index (χ2n) is 8.26. The van der Waals surface area contributed by atoms with Crippen molar-refractivity contribution >= 4 is 55.1 Å². The van der Waals surface area contributed by atoms with E-state index in [9.17, 15) is 13.2 Å². The van der Waals surface area contributed by atoms with Crippen molar-refractivity contribution in [2.75, 3.05) is 38.0 Å². The normalized spacial score (nSPS) is 11.3. The summed E-state index contributed by atoms with van der Waals surface area (Å²) in [6.07, 6.45) is 0.584. The minimum absolute atomic E-state index is 0.0568. The summed E-state index contributed by atoms with van der Waals surface area (Å²) in [7, 11) is -0.663. The molecule has 4 aromatic rings. The lowest BCUT2D eigenvalue weighted by molar-refractivity contribution is 0.0531. The number of aryl methyl sites for hydroxylation is 1. The van der Waals surface area contributed by atoms with Crippen LogP contribution < -0.4 is 25.2 Å². The number of thiazole rings is 1. The van der Waals surface area contributed by atoms with E-state index in [0.29, 0.717) is 56.9 Å². The molecule has 2 aromatic heterocycles. The van der Waals surface area contributed by atoms with Gasteiger partial charge in [-0.1, -0.05) is 23.5 Å². The molecule has 0 atom stereocenters. The maximum atomic E-state index is 12.2. The zero-order valence-corrected chi connectivity index (χ0v) is 23.4. The van der Waals surface area contributed by atoms with Crippen LogP contribution in [-0.4, -0.2) is 56.7 Å². The van der Waals surface area contributed by atoms with Gasteiger partial charge in [0.1, 0.15) is 10.7 Å². The highest BCUT2D eigenvalue weighted by Gasteiger charge is 2.18. The summed E-state index contributed by atoms with van der Waals surface area (Å²) in [5, 5.41) is 12.7. The van der Waals surface area contributed by atoms with E-state index in [-0.39, 0.29) is 17.5 Å². The molecular formula is C25H28N6O6S2. The van der Waals surface area contributed by atoms with E-state index in [4.69, 9.17) is 19.3 Å². The monoisotopic (exact) mass is 572 g/mol. The summed E-state index contributed by atoms with van der Waals surface area (Å²) in [5.74, 6) is 1.38. The lowest BCUT2D eigenvalue weighted by Crippen LogP contribution is -2.12. The van der Waals surface area contributed by atoms with Crippen LogP contribution >= 0.6 is 11.3 Å². The van der Waals surface area contributed by atoms with Crippen molar-refractivity contribution in [3.8, 4) is 11.5 Å². The van der Waals surface area contributed by atoms with Gasteiger partial charge in [-0.25, -0.2) is 28.3 Å². The molecule has 0 saturated heterocycles. The third-order valence-corrected chi connectivity index (χ3v) is 7.62. The summed E-state index contributed by atoms with van der Waals surface area (Å²) in [5.41, 5.74) is 2.04. The molecule has 2 heterocycles. The standard InChI is InChI=1S/C25H28N6O6S2/c1-5-37-23(32)21-14(2)28-25(38-21)31-24-29-18-13-20(36-4)19(35-3)12-17(18)22(30-24)27-11-10-15-6-8-16(9-7-15)39(26,33)34/h6-9,12-13H,5,10-11H2,1-4H3,(H2,26,33,34)(H2,27,28,29,30,31). The Bertz CT molecular complexity index is 1610. The van der Waals surface area contributed by atoms with Crippen LogP contribution in [0.5, 0.6) is 11.5 Å². The minimum Gasteiger partial charge on any atom is -0.493 e. The number of fused-ring (bicyclic) bond motifs is 1. The van der Waals surface area contributed by atoms with Crippen molar-refractivity contribution in [2.45, 2.75) is 25.2 Å². The molecule has 0 amide bonds. The van der Waals surface area contributed by atoms with Crippen LogP contribution in [0, 0.1) is 6.92 Å². The molecule has 4 N–H and O–H groups in total. The fraction of sp³-hybridized carbons (Fsp3) is 0.280. The van der Waals surface area contributed by atoms with Gasteiger partial charge < -0.3 is 19.5 Å². The van der Waals surface area contributed by atoms with Crippen LogP contribution in [0.15, 0.2) is 41.3 Å². The van der Waals surface area contributed by atoms with Crippen LogP contribution in [0.2, 0.25) is 0 Å². The summed E-state index contributed by atoms with van der Waals surface area (Å²) in [4.78, 5) is 26.4. The highest BCUT2D eigenvalue weighted by molar-refractivity contribution is 7.89. The average molecular weight is 573 g/mol. The number of hydrogen-bond donors (Lipinski definition) is 3.